The van der Waals surface area contributed by atoms with E-state index >= 15 is 0 Å². The summed E-state index contributed by atoms with van der Waals surface area (Å²) in [5.41, 5.74) is 2.19. The van der Waals surface area contributed by atoms with Crippen LogP contribution in [0.3, 0.4) is 0 Å². The second-order valence-corrected chi connectivity index (χ2v) is 6.86. The highest BCUT2D eigenvalue weighted by molar-refractivity contribution is 7.08. The molecule has 4 heterocycles. The van der Waals surface area contributed by atoms with Gasteiger partial charge in [0.25, 0.3) is 5.56 Å². The quantitative estimate of drug-likeness (QED) is 0.794. The Morgan fingerprint density at radius 2 is 2.29 bits per heavy atom. The van der Waals surface area contributed by atoms with E-state index in [9.17, 15) is 9.59 Å². The van der Waals surface area contributed by atoms with Crippen molar-refractivity contribution in [2.75, 3.05) is 6.54 Å². The largest absolute Gasteiger partial charge is 0.334 e. The van der Waals surface area contributed by atoms with E-state index in [1.54, 1.807) is 29.7 Å². The van der Waals surface area contributed by atoms with Crippen molar-refractivity contribution in [1.82, 2.24) is 19.5 Å². The van der Waals surface area contributed by atoms with E-state index in [2.05, 4.69) is 10.1 Å². The number of piperidine rings is 1. The third kappa shape index (κ3) is 2.75. The molecule has 0 bridgehead atoms. The minimum atomic E-state index is -0.143. The molecule has 0 spiro atoms. The minimum Gasteiger partial charge on any atom is -0.334 e. The summed E-state index contributed by atoms with van der Waals surface area (Å²) >= 11 is 1.60. The molecule has 1 aliphatic rings. The standard InChI is InChI=1S/C17H18N4O2S/c22-16(9-12-5-8-24-11-12)20-7-2-1-3-14(20)13-10-17(23)21-15(19-13)4-6-18-21/h4-6,8,10-11,14,18H,1-3,7,9H2. The van der Waals surface area contributed by atoms with Gasteiger partial charge < -0.3 is 4.90 Å². The zero-order valence-corrected chi connectivity index (χ0v) is 14.0. The van der Waals surface area contributed by atoms with Crippen LogP contribution in [0.2, 0.25) is 0 Å². The molecule has 7 heteroatoms. The predicted octanol–water partition coefficient (Wildman–Crippen LogP) is 2.38. The van der Waals surface area contributed by atoms with Crippen LogP contribution in [0.5, 0.6) is 0 Å². The van der Waals surface area contributed by atoms with Crippen LogP contribution in [-0.2, 0) is 11.2 Å². The highest BCUT2D eigenvalue weighted by atomic mass is 32.1. The van der Waals surface area contributed by atoms with Crippen LogP contribution < -0.4 is 5.56 Å². The van der Waals surface area contributed by atoms with Gasteiger partial charge in [-0.15, -0.1) is 0 Å². The first-order valence-corrected chi connectivity index (χ1v) is 9.04. The molecule has 1 fully saturated rings. The molecule has 1 aliphatic heterocycles. The first-order valence-electron chi connectivity index (χ1n) is 8.10. The number of carbonyl (C=O) groups is 1. The fraction of sp³-hybridized carbons (Fsp3) is 0.353. The lowest BCUT2D eigenvalue weighted by atomic mass is 9.98. The maximum Gasteiger partial charge on any atom is 0.272 e. The highest BCUT2D eigenvalue weighted by Crippen LogP contribution is 2.30. The van der Waals surface area contributed by atoms with Crippen molar-refractivity contribution < 1.29 is 4.79 Å². The number of fused-ring (bicyclic) bond motifs is 1. The Morgan fingerprint density at radius 1 is 1.38 bits per heavy atom. The molecule has 124 valence electrons. The van der Waals surface area contributed by atoms with Crippen molar-refractivity contribution in [2.45, 2.75) is 31.7 Å². The normalized spacial score (nSPS) is 18.2. The molecule has 4 rings (SSSR count). The number of carbonyl (C=O) groups excluding carboxylic acids is 1. The van der Waals surface area contributed by atoms with Gasteiger partial charge in [0.1, 0.15) is 0 Å². The highest BCUT2D eigenvalue weighted by Gasteiger charge is 2.29. The van der Waals surface area contributed by atoms with Gasteiger partial charge in [0, 0.05) is 24.9 Å². The fourth-order valence-corrected chi connectivity index (χ4v) is 3.99. The van der Waals surface area contributed by atoms with Gasteiger partial charge in [-0.2, -0.15) is 11.3 Å². The SMILES string of the molecule is O=C(Cc1ccsc1)N1CCCCC1c1cc(=O)n2[nH]ccc2n1. The van der Waals surface area contributed by atoms with Crippen LogP contribution in [0.4, 0.5) is 0 Å². The molecular formula is C17H18N4O2S. The van der Waals surface area contributed by atoms with Gasteiger partial charge in [-0.05, 0) is 41.7 Å². The molecule has 1 unspecified atom stereocenters. The van der Waals surface area contributed by atoms with Gasteiger partial charge in [0.05, 0.1) is 18.2 Å². The summed E-state index contributed by atoms with van der Waals surface area (Å²) in [5.74, 6) is 0.106. The summed E-state index contributed by atoms with van der Waals surface area (Å²) in [5, 5.41) is 6.84. The Labute approximate surface area is 142 Å². The molecule has 6 nitrogen and oxygen atoms in total. The summed E-state index contributed by atoms with van der Waals surface area (Å²) in [7, 11) is 0. The van der Waals surface area contributed by atoms with Gasteiger partial charge in [-0.1, -0.05) is 0 Å². The summed E-state index contributed by atoms with van der Waals surface area (Å²) in [6, 6.07) is 5.19. The molecule has 3 aromatic rings. The summed E-state index contributed by atoms with van der Waals surface area (Å²) in [4.78, 5) is 31.5. The lowest BCUT2D eigenvalue weighted by Gasteiger charge is -2.35. The number of H-pyrrole nitrogens is 1. The van der Waals surface area contributed by atoms with Crippen molar-refractivity contribution in [3.8, 4) is 0 Å². The van der Waals surface area contributed by atoms with Crippen LogP contribution in [-0.4, -0.2) is 31.9 Å². The van der Waals surface area contributed by atoms with E-state index in [-0.39, 0.29) is 17.5 Å². The molecular weight excluding hydrogens is 324 g/mol. The molecule has 0 saturated carbocycles. The van der Waals surface area contributed by atoms with Gasteiger partial charge in [0.2, 0.25) is 5.91 Å². The number of nitrogens with zero attached hydrogens (tertiary/aromatic N) is 3. The Hall–Kier alpha value is -2.41. The first-order chi connectivity index (χ1) is 11.7. The fourth-order valence-electron chi connectivity index (χ4n) is 3.32. The average Bonchev–Trinajstić information content (AvgIpc) is 3.26. The Morgan fingerprint density at radius 3 is 3.12 bits per heavy atom. The third-order valence-corrected chi connectivity index (χ3v) is 5.23. The number of thiophene rings is 1. The van der Waals surface area contributed by atoms with E-state index in [1.807, 2.05) is 21.7 Å². The van der Waals surface area contributed by atoms with Crippen molar-refractivity contribution >= 4 is 22.9 Å². The summed E-state index contributed by atoms with van der Waals surface area (Å²) < 4.78 is 1.41. The van der Waals surface area contributed by atoms with E-state index in [4.69, 9.17) is 0 Å². The smallest absolute Gasteiger partial charge is 0.272 e. The molecule has 1 amide bonds. The molecule has 24 heavy (non-hydrogen) atoms. The Balaban J connectivity index is 1.65. The third-order valence-electron chi connectivity index (χ3n) is 4.50. The molecule has 3 aromatic heterocycles. The molecule has 0 aromatic carbocycles. The maximum absolute atomic E-state index is 12.8. The zero-order chi connectivity index (χ0) is 16.5. The van der Waals surface area contributed by atoms with Crippen LogP contribution in [0.15, 0.2) is 40.0 Å². The minimum absolute atomic E-state index is 0.106. The van der Waals surface area contributed by atoms with Crippen molar-refractivity contribution in [3.63, 3.8) is 0 Å². The van der Waals surface area contributed by atoms with Crippen LogP contribution >= 0.6 is 11.3 Å². The van der Waals surface area contributed by atoms with E-state index in [1.165, 1.54) is 4.52 Å². The number of rotatable bonds is 3. The lowest BCUT2D eigenvalue weighted by molar-refractivity contribution is -0.134. The first kappa shape index (κ1) is 15.1. The van der Waals surface area contributed by atoms with Crippen LogP contribution in [0.1, 0.15) is 36.6 Å². The number of aromatic amines is 1. The number of hydrogen-bond acceptors (Lipinski definition) is 4. The van der Waals surface area contributed by atoms with Crippen LogP contribution in [0, 0.1) is 0 Å². The van der Waals surface area contributed by atoms with Crippen molar-refractivity contribution in [1.29, 1.82) is 0 Å². The number of nitrogens with one attached hydrogen (secondary N) is 1. The number of aromatic nitrogens is 3. The summed E-state index contributed by atoms with van der Waals surface area (Å²) in [6.07, 6.45) is 4.99. The van der Waals surface area contributed by atoms with E-state index in [0.717, 1.165) is 31.4 Å². The lowest BCUT2D eigenvalue weighted by Crippen LogP contribution is -2.40. The molecule has 1 atom stereocenters. The molecule has 0 aliphatic carbocycles. The summed E-state index contributed by atoms with van der Waals surface area (Å²) in [6.45, 7) is 0.724. The second-order valence-electron chi connectivity index (χ2n) is 6.08. The topological polar surface area (TPSA) is 70.5 Å². The van der Waals surface area contributed by atoms with Crippen molar-refractivity contribution in [3.05, 3.63) is 56.8 Å². The van der Waals surface area contributed by atoms with Gasteiger partial charge >= 0.3 is 0 Å². The predicted molar refractivity (Wildman–Crippen MR) is 92.1 cm³/mol. The molecule has 0 radical (unpaired) electrons. The van der Waals surface area contributed by atoms with E-state index < -0.39 is 0 Å². The average molecular weight is 342 g/mol. The maximum atomic E-state index is 12.8. The van der Waals surface area contributed by atoms with Crippen molar-refractivity contribution in [2.24, 2.45) is 0 Å². The van der Waals surface area contributed by atoms with Gasteiger partial charge in [0.15, 0.2) is 5.65 Å². The number of amides is 1. The van der Waals surface area contributed by atoms with E-state index in [0.29, 0.717) is 17.8 Å². The number of hydrogen-bond donors (Lipinski definition) is 1. The monoisotopic (exact) mass is 342 g/mol. The van der Waals surface area contributed by atoms with Gasteiger partial charge in [-0.3, -0.25) is 14.7 Å². The van der Waals surface area contributed by atoms with Gasteiger partial charge in [-0.25, -0.2) is 9.50 Å². The number of likely N-dealkylation sites (tertiary alicyclic amines) is 1. The second kappa shape index (κ2) is 6.24. The molecule has 1 saturated heterocycles. The molecule has 1 N–H and O–H groups in total. The van der Waals surface area contributed by atoms with Crippen LogP contribution in [0.25, 0.3) is 5.65 Å². The Kier molecular flexibility index (Phi) is 3.93. The zero-order valence-electron chi connectivity index (χ0n) is 13.1. The Bertz CT molecular complexity index is 912.